The van der Waals surface area contributed by atoms with Gasteiger partial charge in [0.2, 0.25) is 0 Å². The number of nitrogens with zero attached hydrogens (tertiary/aromatic N) is 2. The lowest BCUT2D eigenvalue weighted by molar-refractivity contribution is 0.697. The Bertz CT molecular complexity index is 250. The second-order valence-electron chi connectivity index (χ2n) is 2.38. The van der Waals surface area contributed by atoms with Crippen LogP contribution in [0.15, 0.2) is 18.7 Å². The number of rotatable bonds is 4. The largest absolute Gasteiger partial charge is 0.312 e. The van der Waals surface area contributed by atoms with Gasteiger partial charge in [-0.25, -0.2) is 9.97 Å². The quantitative estimate of drug-likeness (QED) is 0.518. The summed E-state index contributed by atoms with van der Waals surface area (Å²) in [5.74, 6) is 2.56. The summed E-state index contributed by atoms with van der Waals surface area (Å²) in [6.45, 7) is 1.62. The normalized spacial score (nSPS) is 9.25. The SMILES string of the molecule is C#CCCNCc1cncnc1. The lowest BCUT2D eigenvalue weighted by Crippen LogP contribution is -2.14. The van der Waals surface area contributed by atoms with Crippen molar-refractivity contribution in [3.05, 3.63) is 24.3 Å². The van der Waals surface area contributed by atoms with Gasteiger partial charge in [-0.3, -0.25) is 0 Å². The van der Waals surface area contributed by atoms with Gasteiger partial charge in [-0.05, 0) is 0 Å². The van der Waals surface area contributed by atoms with Crippen LogP contribution in [0.1, 0.15) is 12.0 Å². The minimum atomic E-state index is 0.758. The van der Waals surface area contributed by atoms with E-state index in [-0.39, 0.29) is 0 Å². The second-order valence-corrected chi connectivity index (χ2v) is 2.38. The number of hydrogen-bond acceptors (Lipinski definition) is 3. The van der Waals surface area contributed by atoms with Gasteiger partial charge in [0.25, 0.3) is 0 Å². The van der Waals surface area contributed by atoms with Crippen molar-refractivity contribution in [1.29, 1.82) is 0 Å². The molecule has 0 unspecified atom stereocenters. The molecule has 62 valence electrons. The molecule has 1 heterocycles. The Morgan fingerprint density at radius 1 is 1.42 bits per heavy atom. The van der Waals surface area contributed by atoms with Crippen LogP contribution in [0.3, 0.4) is 0 Å². The van der Waals surface area contributed by atoms with Crippen LogP contribution in [0, 0.1) is 12.3 Å². The molecule has 1 aromatic rings. The Hall–Kier alpha value is -1.40. The van der Waals surface area contributed by atoms with Gasteiger partial charge in [0.05, 0.1) is 0 Å². The highest BCUT2D eigenvalue weighted by Gasteiger charge is 1.89. The zero-order valence-electron chi connectivity index (χ0n) is 6.83. The predicted molar refractivity (Wildman–Crippen MR) is 47.2 cm³/mol. The van der Waals surface area contributed by atoms with E-state index in [1.165, 1.54) is 6.33 Å². The van der Waals surface area contributed by atoms with E-state index in [1.54, 1.807) is 12.4 Å². The highest BCUT2D eigenvalue weighted by molar-refractivity contribution is 5.01. The fourth-order valence-electron chi connectivity index (χ4n) is 0.815. The maximum Gasteiger partial charge on any atom is 0.115 e. The summed E-state index contributed by atoms with van der Waals surface area (Å²) in [4.78, 5) is 7.78. The number of terminal acetylenes is 1. The van der Waals surface area contributed by atoms with E-state index in [2.05, 4.69) is 21.2 Å². The van der Waals surface area contributed by atoms with E-state index in [0.29, 0.717) is 0 Å². The van der Waals surface area contributed by atoms with E-state index in [0.717, 1.165) is 25.1 Å². The van der Waals surface area contributed by atoms with E-state index in [1.807, 2.05) is 0 Å². The Balaban J connectivity index is 2.21. The number of aromatic nitrogens is 2. The second kappa shape index (κ2) is 5.28. The van der Waals surface area contributed by atoms with Crippen molar-refractivity contribution in [3.8, 4) is 12.3 Å². The fourth-order valence-corrected chi connectivity index (χ4v) is 0.815. The summed E-state index contributed by atoms with van der Waals surface area (Å²) in [6, 6.07) is 0. The summed E-state index contributed by atoms with van der Waals surface area (Å²) in [5, 5.41) is 3.18. The molecule has 0 saturated heterocycles. The van der Waals surface area contributed by atoms with Crippen LogP contribution >= 0.6 is 0 Å². The van der Waals surface area contributed by atoms with E-state index >= 15 is 0 Å². The summed E-state index contributed by atoms with van der Waals surface area (Å²) in [6.07, 6.45) is 10.9. The van der Waals surface area contributed by atoms with Crippen molar-refractivity contribution in [3.63, 3.8) is 0 Å². The fraction of sp³-hybridized carbons (Fsp3) is 0.333. The highest BCUT2D eigenvalue weighted by atomic mass is 14.9. The van der Waals surface area contributed by atoms with E-state index in [9.17, 15) is 0 Å². The van der Waals surface area contributed by atoms with Gasteiger partial charge in [-0.2, -0.15) is 0 Å². The molecule has 0 aliphatic rings. The molecule has 0 bridgehead atoms. The van der Waals surface area contributed by atoms with Crippen LogP contribution in [0.5, 0.6) is 0 Å². The van der Waals surface area contributed by atoms with Gasteiger partial charge in [0.1, 0.15) is 6.33 Å². The topological polar surface area (TPSA) is 37.8 Å². The van der Waals surface area contributed by atoms with E-state index in [4.69, 9.17) is 6.42 Å². The molecule has 0 aromatic carbocycles. The smallest absolute Gasteiger partial charge is 0.115 e. The zero-order valence-corrected chi connectivity index (χ0v) is 6.83. The van der Waals surface area contributed by atoms with Gasteiger partial charge < -0.3 is 5.32 Å². The minimum absolute atomic E-state index is 0.758. The van der Waals surface area contributed by atoms with Gasteiger partial charge in [0, 0.05) is 37.5 Å². The maximum absolute atomic E-state index is 5.09. The van der Waals surface area contributed by atoms with Crippen LogP contribution in [-0.4, -0.2) is 16.5 Å². The van der Waals surface area contributed by atoms with Crippen molar-refractivity contribution in [2.75, 3.05) is 6.54 Å². The van der Waals surface area contributed by atoms with E-state index < -0.39 is 0 Å². The van der Waals surface area contributed by atoms with Gasteiger partial charge >= 0.3 is 0 Å². The molecule has 0 aliphatic carbocycles. The Kier molecular flexibility index (Phi) is 3.82. The van der Waals surface area contributed by atoms with Crippen LogP contribution < -0.4 is 5.32 Å². The van der Waals surface area contributed by atoms with Crippen LogP contribution in [0.25, 0.3) is 0 Å². The Morgan fingerprint density at radius 3 is 2.83 bits per heavy atom. The molecule has 0 radical (unpaired) electrons. The third kappa shape index (κ3) is 3.13. The Labute approximate surface area is 72.2 Å². The molecule has 0 fully saturated rings. The molecule has 1 rings (SSSR count). The zero-order chi connectivity index (χ0) is 8.65. The van der Waals surface area contributed by atoms with Crippen molar-refractivity contribution >= 4 is 0 Å². The summed E-state index contributed by atoms with van der Waals surface area (Å²) < 4.78 is 0. The molecule has 12 heavy (non-hydrogen) atoms. The minimum Gasteiger partial charge on any atom is -0.312 e. The molecule has 0 saturated carbocycles. The van der Waals surface area contributed by atoms with Crippen molar-refractivity contribution in [2.24, 2.45) is 0 Å². The lowest BCUT2D eigenvalue weighted by Gasteiger charge is -2.00. The average Bonchev–Trinajstić information content (AvgIpc) is 2.14. The molecule has 3 heteroatoms. The highest BCUT2D eigenvalue weighted by Crippen LogP contribution is 1.90. The molecule has 0 aliphatic heterocycles. The van der Waals surface area contributed by atoms with Crippen molar-refractivity contribution < 1.29 is 0 Å². The molecule has 1 aromatic heterocycles. The summed E-state index contributed by atoms with van der Waals surface area (Å²) in [5.41, 5.74) is 1.08. The van der Waals surface area contributed by atoms with Crippen molar-refractivity contribution in [1.82, 2.24) is 15.3 Å². The third-order valence-corrected chi connectivity index (χ3v) is 1.39. The lowest BCUT2D eigenvalue weighted by atomic mass is 10.3. The first-order chi connectivity index (χ1) is 5.93. The molecule has 0 atom stereocenters. The standard InChI is InChI=1S/C9H11N3/c1-2-3-4-10-5-9-6-11-8-12-7-9/h1,6-8,10H,3-5H2. The molecular weight excluding hydrogens is 150 g/mol. The van der Waals surface area contributed by atoms with Crippen LogP contribution in [-0.2, 0) is 6.54 Å². The summed E-state index contributed by atoms with van der Waals surface area (Å²) >= 11 is 0. The van der Waals surface area contributed by atoms with Gasteiger partial charge in [-0.1, -0.05) is 0 Å². The first-order valence-corrected chi connectivity index (χ1v) is 3.81. The predicted octanol–water partition coefficient (Wildman–Crippen LogP) is 0.590. The van der Waals surface area contributed by atoms with Crippen LogP contribution in [0.4, 0.5) is 0 Å². The van der Waals surface area contributed by atoms with Gasteiger partial charge in [0.15, 0.2) is 0 Å². The average molecular weight is 161 g/mol. The van der Waals surface area contributed by atoms with Crippen LogP contribution in [0.2, 0.25) is 0 Å². The van der Waals surface area contributed by atoms with Gasteiger partial charge in [-0.15, -0.1) is 12.3 Å². The Morgan fingerprint density at radius 2 is 2.17 bits per heavy atom. The molecule has 1 N–H and O–H groups in total. The first-order valence-electron chi connectivity index (χ1n) is 3.81. The number of hydrogen-bond donors (Lipinski definition) is 1. The monoisotopic (exact) mass is 161 g/mol. The third-order valence-electron chi connectivity index (χ3n) is 1.39. The first kappa shape index (κ1) is 8.69. The number of nitrogens with one attached hydrogen (secondary N) is 1. The van der Waals surface area contributed by atoms with Crippen molar-refractivity contribution in [2.45, 2.75) is 13.0 Å². The molecule has 0 spiro atoms. The maximum atomic E-state index is 5.09. The molecule has 0 amide bonds. The molecule has 3 nitrogen and oxygen atoms in total. The summed E-state index contributed by atoms with van der Waals surface area (Å²) in [7, 11) is 0. The molecular formula is C9H11N3.